The minimum absolute atomic E-state index is 0.0339. The van der Waals surface area contributed by atoms with Gasteiger partial charge >= 0.3 is 5.97 Å². The van der Waals surface area contributed by atoms with Gasteiger partial charge in [-0.25, -0.2) is 4.79 Å². The number of hydrogen-bond donors (Lipinski definition) is 5. The van der Waals surface area contributed by atoms with E-state index in [-0.39, 0.29) is 62.4 Å². The minimum atomic E-state index is -1.81. The van der Waals surface area contributed by atoms with Crippen LogP contribution in [0.1, 0.15) is 42.2 Å². The maximum Gasteiger partial charge on any atom is 0.343 e. The summed E-state index contributed by atoms with van der Waals surface area (Å²) in [5, 5.41) is 37.0. The number of aliphatic hydroxyl groups excluding tert-OH is 2. The Morgan fingerprint density at radius 1 is 1.15 bits per heavy atom. The molecule has 314 valence electrons. The van der Waals surface area contributed by atoms with Gasteiger partial charge in [-0.2, -0.15) is 0 Å². The van der Waals surface area contributed by atoms with Crippen molar-refractivity contribution in [2.24, 2.45) is 5.73 Å². The van der Waals surface area contributed by atoms with E-state index in [0.29, 0.717) is 0 Å². The fraction of sp³-hybridized carbons (Fsp3) is 0.372. The fourth-order valence-corrected chi connectivity index (χ4v) is 7.83. The lowest BCUT2D eigenvalue weighted by molar-refractivity contribution is -0.329. The maximum absolute atomic E-state index is 14.1. The Balaban J connectivity index is 1.34. The molecular weight excluding hydrogens is 802 g/mol. The summed E-state index contributed by atoms with van der Waals surface area (Å²) in [5.41, 5.74) is 3.60. The molecule has 1 fully saturated rings. The number of hydrogen-bond acceptors (Lipinski definition) is 15. The van der Waals surface area contributed by atoms with Gasteiger partial charge in [-0.1, -0.05) is 48.1 Å². The Kier molecular flexibility index (Phi) is 11.6. The van der Waals surface area contributed by atoms with Crippen molar-refractivity contribution < 1.29 is 62.9 Å². The first-order chi connectivity index (χ1) is 28.4. The smallest absolute Gasteiger partial charge is 0.343 e. The summed E-state index contributed by atoms with van der Waals surface area (Å²) in [6.45, 7) is 6.42. The molecule has 3 heterocycles. The van der Waals surface area contributed by atoms with Gasteiger partial charge in [0.2, 0.25) is 6.29 Å². The fourth-order valence-electron chi connectivity index (χ4n) is 7.64. The summed E-state index contributed by atoms with van der Waals surface area (Å²) < 4.78 is 42.2. The second-order valence-electron chi connectivity index (χ2n) is 15.2. The van der Waals surface area contributed by atoms with E-state index in [1.165, 1.54) is 37.5 Å². The Bertz CT molecular complexity index is 2380. The monoisotopic (exact) mass is 843 g/mol. The summed E-state index contributed by atoms with van der Waals surface area (Å²) in [4.78, 5) is 41.7. The number of ether oxygens (including phenoxy) is 7. The minimum Gasteiger partial charge on any atom is -0.504 e. The molecule has 16 nitrogen and oxygen atoms in total. The van der Waals surface area contributed by atoms with Crippen LogP contribution in [-0.2, 0) is 28.5 Å². The molecule has 60 heavy (non-hydrogen) atoms. The average Bonchev–Trinajstić information content (AvgIpc) is 3.61. The van der Waals surface area contributed by atoms with Gasteiger partial charge in [-0.05, 0) is 58.1 Å². The third kappa shape index (κ3) is 7.88. The number of anilines is 1. The normalized spacial score (nSPS) is 30.0. The van der Waals surface area contributed by atoms with Crippen molar-refractivity contribution in [1.29, 1.82) is 0 Å². The number of aliphatic hydroxyl groups is 2. The molecule has 2 aromatic carbocycles. The van der Waals surface area contributed by atoms with Gasteiger partial charge in [0.05, 0.1) is 40.6 Å². The van der Waals surface area contributed by atoms with E-state index in [0.717, 1.165) is 0 Å². The number of ketones is 1. The average molecular weight is 844 g/mol. The zero-order valence-corrected chi connectivity index (χ0v) is 33.9. The Morgan fingerprint density at radius 3 is 2.65 bits per heavy atom. The zero-order valence-electron chi connectivity index (χ0n) is 33.1. The van der Waals surface area contributed by atoms with E-state index in [1.54, 1.807) is 51.1 Å². The molecular formula is C43H42ClN3O13. The van der Waals surface area contributed by atoms with Crippen LogP contribution < -0.4 is 25.3 Å². The van der Waals surface area contributed by atoms with Crippen molar-refractivity contribution in [2.45, 2.75) is 74.4 Å². The third-order valence-electron chi connectivity index (χ3n) is 10.5. The molecule has 0 spiro atoms. The molecule has 2 aliphatic carbocycles. The number of amides is 1. The molecule has 0 aromatic heterocycles. The Hall–Kier alpha value is -5.66. The van der Waals surface area contributed by atoms with Crippen LogP contribution in [0.4, 0.5) is 5.69 Å². The molecule has 1 amide bonds. The van der Waals surface area contributed by atoms with Crippen LogP contribution >= 0.6 is 11.6 Å². The number of carbonyl (C=O) groups excluding carboxylic acids is 3. The number of nitrogens with one attached hydrogen (secondary N) is 1. The first-order valence-electron chi connectivity index (χ1n) is 18.6. The molecule has 17 heteroatoms. The summed E-state index contributed by atoms with van der Waals surface area (Å²) >= 11 is 6.63. The highest BCUT2D eigenvalue weighted by molar-refractivity contribution is 6.32. The lowest BCUT2D eigenvalue weighted by atomic mass is 9.85. The number of esters is 1. The number of Topliss-reactive ketones (excluding diaryl/α,β-unsaturated/α-hetero) is 1. The van der Waals surface area contributed by atoms with Gasteiger partial charge in [-0.15, -0.1) is 0 Å². The predicted molar refractivity (Wildman–Crippen MR) is 214 cm³/mol. The number of halogens is 1. The quantitative estimate of drug-likeness (QED) is 0.161. The zero-order chi connectivity index (χ0) is 43.3. The van der Waals surface area contributed by atoms with Crippen LogP contribution in [0.15, 0.2) is 72.1 Å². The number of nitrogens with two attached hydrogens (primary N) is 1. The molecule has 8 atom stereocenters. The number of fused-ring (bicyclic) bond motifs is 7. The molecule has 3 aliphatic heterocycles. The van der Waals surface area contributed by atoms with Crippen LogP contribution in [0.5, 0.6) is 23.0 Å². The van der Waals surface area contributed by atoms with Crippen molar-refractivity contribution in [3.8, 4) is 46.7 Å². The SMILES string of the molecule is C=C1Oc2cc(OC)cc(C(=O)OC3OCC(=O)CC(N)c4ccc(Cl)c(c4O)OC4C#C/C=C/3C#CC3=CC=CC34O[C@@H]3OC(C)(C)[C@@H](N(C)C)[C@@H](O)[C@H]3O)c2NC1=O. The van der Waals surface area contributed by atoms with Gasteiger partial charge in [0.15, 0.2) is 46.8 Å². The van der Waals surface area contributed by atoms with Crippen LogP contribution in [0.2, 0.25) is 5.02 Å². The lowest BCUT2D eigenvalue weighted by Crippen LogP contribution is -2.68. The van der Waals surface area contributed by atoms with E-state index in [4.69, 9.17) is 50.5 Å². The molecule has 0 radical (unpaired) electrons. The molecule has 6 N–H and O–H groups in total. The number of rotatable bonds is 6. The van der Waals surface area contributed by atoms with Crippen molar-refractivity contribution in [3.63, 3.8) is 0 Å². The largest absolute Gasteiger partial charge is 0.504 e. The van der Waals surface area contributed by atoms with E-state index >= 15 is 0 Å². The Labute approximate surface area is 350 Å². The molecule has 7 rings (SSSR count). The van der Waals surface area contributed by atoms with E-state index in [1.807, 2.05) is 0 Å². The first kappa shape index (κ1) is 42.5. The molecule has 5 aliphatic rings. The summed E-state index contributed by atoms with van der Waals surface area (Å²) in [7, 11) is 4.86. The Morgan fingerprint density at radius 2 is 1.92 bits per heavy atom. The number of nitrogens with zero attached hydrogens (tertiary/aromatic N) is 1. The lowest BCUT2D eigenvalue weighted by Gasteiger charge is -2.51. The molecule has 4 bridgehead atoms. The van der Waals surface area contributed by atoms with Gasteiger partial charge in [0.1, 0.15) is 24.6 Å². The maximum atomic E-state index is 14.1. The van der Waals surface area contributed by atoms with Gasteiger partial charge in [-0.3, -0.25) is 9.59 Å². The van der Waals surface area contributed by atoms with Gasteiger partial charge in [0.25, 0.3) is 5.91 Å². The topological polar surface area (TPSA) is 218 Å². The molecule has 1 saturated heterocycles. The molecule has 2 aromatic rings. The van der Waals surface area contributed by atoms with Crippen LogP contribution in [0.25, 0.3) is 0 Å². The van der Waals surface area contributed by atoms with E-state index in [9.17, 15) is 29.7 Å². The number of benzene rings is 2. The van der Waals surface area contributed by atoms with Crippen molar-refractivity contribution in [3.05, 3.63) is 88.2 Å². The van der Waals surface area contributed by atoms with Gasteiger partial charge < -0.3 is 64.4 Å². The van der Waals surface area contributed by atoms with E-state index < -0.39 is 84.2 Å². The van der Waals surface area contributed by atoms with Crippen LogP contribution in [0, 0.1) is 23.7 Å². The second kappa shape index (κ2) is 16.4. The number of aromatic hydroxyl groups is 1. The number of phenolic OH excluding ortho intramolecular Hbond substituents is 1. The number of methoxy groups -OCH3 is 1. The highest BCUT2D eigenvalue weighted by Crippen LogP contribution is 2.45. The summed E-state index contributed by atoms with van der Waals surface area (Å²) in [6, 6.07) is 3.90. The van der Waals surface area contributed by atoms with Crippen molar-refractivity contribution in [1.82, 2.24) is 4.90 Å². The second-order valence-corrected chi connectivity index (χ2v) is 15.6. The predicted octanol–water partition coefficient (Wildman–Crippen LogP) is 2.80. The highest BCUT2D eigenvalue weighted by atomic mass is 35.5. The third-order valence-corrected chi connectivity index (χ3v) is 10.8. The van der Waals surface area contributed by atoms with Gasteiger partial charge in [0, 0.05) is 35.7 Å². The van der Waals surface area contributed by atoms with Crippen LogP contribution in [0.3, 0.4) is 0 Å². The summed E-state index contributed by atoms with van der Waals surface area (Å²) in [5.74, 6) is 8.83. The van der Waals surface area contributed by atoms with Crippen molar-refractivity contribution in [2.75, 3.05) is 33.1 Å². The first-order valence-corrected chi connectivity index (χ1v) is 19.0. The van der Waals surface area contributed by atoms with Crippen molar-refractivity contribution >= 4 is 34.9 Å². The molecule has 0 saturated carbocycles. The number of phenols is 1. The number of allylic oxidation sites excluding steroid dienone is 3. The van der Waals surface area contributed by atoms with Crippen LogP contribution in [-0.4, -0.2) is 114 Å². The highest BCUT2D eigenvalue weighted by Gasteiger charge is 2.55. The number of carbonyl (C=O) groups is 3. The molecule has 4 unspecified atom stereocenters. The standard InChI is InChI=1S/C43H42ClN3O13/c1-21-38(52)46-32-27(18-25(54-6)19-30(32)56-21)39(53)58-40-22-9-7-11-31(57-36-28(44)15-14-26(33(36)49)29(45)17-24(48)20-55-40)43(16-8-10-23(43)13-12-22)60-41-35(51)34(50)37(47(4)5)42(2,3)59-41/h8-10,14-16,18-19,29,31,34-35,37,40-41,49-51H,1,17,20,45H2,2-6H3,(H,46,52)/b22-9+/t29?,31?,34-,35+,37-,40?,41-,43?/m0/s1. The summed E-state index contributed by atoms with van der Waals surface area (Å²) in [6.07, 6.45) is -1.83. The van der Waals surface area contributed by atoms with E-state index in [2.05, 4.69) is 35.6 Å². The number of likely N-dealkylation sites (N-methyl/N-ethyl adjacent to an activating group) is 1.